The number of hydrogen-bond acceptors (Lipinski definition) is 7. The first-order valence-corrected chi connectivity index (χ1v) is 9.06. The Kier molecular flexibility index (Phi) is 6.60. The van der Waals surface area contributed by atoms with E-state index in [9.17, 15) is 23.5 Å². The molecule has 0 radical (unpaired) electrons. The van der Waals surface area contributed by atoms with E-state index in [4.69, 9.17) is 9.15 Å². The molecule has 1 aliphatic heterocycles. The summed E-state index contributed by atoms with van der Waals surface area (Å²) in [5.41, 5.74) is -0.525. The number of rotatable bonds is 6. The van der Waals surface area contributed by atoms with Crippen LogP contribution in [0.25, 0.3) is 0 Å². The molecule has 0 bridgehead atoms. The highest BCUT2D eigenvalue weighted by Gasteiger charge is 2.28. The number of hydrogen-bond donors (Lipinski definition) is 1. The van der Waals surface area contributed by atoms with Gasteiger partial charge in [-0.05, 0) is 17.7 Å². The molecular weight excluding hydrogens is 388 g/mol. The van der Waals surface area contributed by atoms with Crippen LogP contribution >= 0.6 is 0 Å². The van der Waals surface area contributed by atoms with Gasteiger partial charge >= 0.3 is 5.97 Å². The van der Waals surface area contributed by atoms with Crippen molar-refractivity contribution in [3.8, 4) is 5.75 Å². The summed E-state index contributed by atoms with van der Waals surface area (Å²) in [5.74, 6) is -4.48. The van der Waals surface area contributed by atoms with E-state index in [2.05, 4.69) is 4.74 Å². The number of methoxy groups -OCH3 is 1. The summed E-state index contributed by atoms with van der Waals surface area (Å²) in [5, 5.41) is 10.3. The number of carbonyl (C=O) groups is 1. The molecule has 1 N–H and O–H groups in total. The van der Waals surface area contributed by atoms with E-state index < -0.39 is 34.7 Å². The van der Waals surface area contributed by atoms with E-state index in [-0.39, 0.29) is 23.5 Å². The normalized spacial score (nSPS) is 15.8. The third-order valence-electron chi connectivity index (χ3n) is 4.74. The predicted molar refractivity (Wildman–Crippen MR) is 97.6 cm³/mol. The van der Waals surface area contributed by atoms with Crippen molar-refractivity contribution >= 4 is 5.97 Å². The van der Waals surface area contributed by atoms with E-state index in [1.807, 2.05) is 4.90 Å². The van der Waals surface area contributed by atoms with Gasteiger partial charge in [0.1, 0.15) is 5.76 Å². The Morgan fingerprint density at radius 2 is 1.97 bits per heavy atom. The Labute approximate surface area is 165 Å². The minimum Gasteiger partial charge on any atom is -0.502 e. The lowest BCUT2D eigenvalue weighted by Crippen LogP contribution is -2.35. The maximum atomic E-state index is 13.8. The summed E-state index contributed by atoms with van der Waals surface area (Å²) in [4.78, 5) is 26.2. The average Bonchev–Trinajstić information content (AvgIpc) is 2.71. The smallest absolute Gasteiger partial charge is 0.306 e. The fourth-order valence-electron chi connectivity index (χ4n) is 3.19. The molecule has 2 aromatic rings. The van der Waals surface area contributed by atoms with Gasteiger partial charge in [0.05, 0.1) is 39.2 Å². The maximum Gasteiger partial charge on any atom is 0.306 e. The second kappa shape index (κ2) is 9.15. The molecule has 156 valence electrons. The second-order valence-corrected chi connectivity index (χ2v) is 6.68. The fraction of sp³-hybridized carbons (Fsp3) is 0.400. The fourth-order valence-corrected chi connectivity index (χ4v) is 3.19. The molecule has 1 aliphatic rings. The average molecular weight is 409 g/mol. The molecule has 3 rings (SSSR count). The Bertz CT molecular complexity index is 939. The zero-order valence-corrected chi connectivity index (χ0v) is 15.8. The molecule has 1 saturated heterocycles. The SMILES string of the molecule is COC(=O)CC(c1ccc(F)c(F)c1)c1oc(CN2CCOCC2)cc(=O)c1O. The predicted octanol–water partition coefficient (Wildman–Crippen LogP) is 2.15. The number of carbonyl (C=O) groups excluding carboxylic acids is 1. The molecule has 0 aliphatic carbocycles. The van der Waals surface area contributed by atoms with Crippen LogP contribution in [0, 0.1) is 11.6 Å². The van der Waals surface area contributed by atoms with Crippen LogP contribution in [0.15, 0.2) is 33.5 Å². The van der Waals surface area contributed by atoms with Crippen molar-refractivity contribution in [3.63, 3.8) is 0 Å². The highest BCUT2D eigenvalue weighted by atomic mass is 19.2. The molecule has 1 atom stereocenters. The summed E-state index contributed by atoms with van der Waals surface area (Å²) in [6.07, 6.45) is -0.334. The Hall–Kier alpha value is -2.78. The van der Waals surface area contributed by atoms with E-state index in [0.29, 0.717) is 32.8 Å². The monoisotopic (exact) mass is 409 g/mol. The molecule has 9 heteroatoms. The number of esters is 1. The molecule has 1 aromatic heterocycles. The summed E-state index contributed by atoms with van der Waals surface area (Å²) in [7, 11) is 1.18. The number of morpholine rings is 1. The van der Waals surface area contributed by atoms with Gasteiger partial charge in [-0.1, -0.05) is 6.07 Å². The van der Waals surface area contributed by atoms with Gasteiger partial charge < -0.3 is 19.0 Å². The third-order valence-corrected chi connectivity index (χ3v) is 4.74. The number of aromatic hydroxyl groups is 1. The summed E-state index contributed by atoms with van der Waals surface area (Å²) < 4.78 is 42.9. The van der Waals surface area contributed by atoms with Crippen molar-refractivity contribution in [2.24, 2.45) is 0 Å². The lowest BCUT2D eigenvalue weighted by Gasteiger charge is -2.26. The minimum atomic E-state index is -1.12. The molecule has 29 heavy (non-hydrogen) atoms. The van der Waals surface area contributed by atoms with Crippen LogP contribution in [0.1, 0.15) is 29.4 Å². The third kappa shape index (κ3) is 4.99. The van der Waals surface area contributed by atoms with E-state index in [0.717, 1.165) is 12.1 Å². The summed E-state index contributed by atoms with van der Waals surface area (Å²) in [6.45, 7) is 2.70. The molecule has 0 amide bonds. The molecule has 1 fully saturated rings. The first kappa shape index (κ1) is 20.9. The molecular formula is C20H21F2NO6. The van der Waals surface area contributed by atoms with E-state index in [1.165, 1.54) is 19.2 Å². The van der Waals surface area contributed by atoms with Gasteiger partial charge in [-0.15, -0.1) is 0 Å². The number of halogens is 2. The van der Waals surface area contributed by atoms with Crippen molar-refractivity contribution in [2.75, 3.05) is 33.4 Å². The molecule has 0 spiro atoms. The van der Waals surface area contributed by atoms with Crippen LogP contribution in [0.3, 0.4) is 0 Å². The van der Waals surface area contributed by atoms with Crippen LogP contribution in [0.2, 0.25) is 0 Å². The van der Waals surface area contributed by atoms with Crippen molar-refractivity contribution in [3.05, 3.63) is 63.2 Å². The van der Waals surface area contributed by atoms with Crippen LogP contribution in [-0.2, 0) is 20.8 Å². The van der Waals surface area contributed by atoms with Crippen molar-refractivity contribution < 1.29 is 32.6 Å². The van der Waals surface area contributed by atoms with Crippen molar-refractivity contribution in [1.29, 1.82) is 0 Å². The van der Waals surface area contributed by atoms with Crippen LogP contribution < -0.4 is 5.43 Å². The summed E-state index contributed by atoms with van der Waals surface area (Å²) in [6, 6.07) is 4.24. The van der Waals surface area contributed by atoms with Crippen molar-refractivity contribution in [2.45, 2.75) is 18.9 Å². The van der Waals surface area contributed by atoms with Gasteiger partial charge in [0.25, 0.3) is 0 Å². The Morgan fingerprint density at radius 3 is 2.62 bits per heavy atom. The van der Waals surface area contributed by atoms with Gasteiger partial charge in [0, 0.05) is 19.2 Å². The topological polar surface area (TPSA) is 89.2 Å². The second-order valence-electron chi connectivity index (χ2n) is 6.68. The Morgan fingerprint density at radius 1 is 1.24 bits per heavy atom. The summed E-state index contributed by atoms with van der Waals surface area (Å²) >= 11 is 0. The Balaban J connectivity index is 2.02. The minimum absolute atomic E-state index is 0.163. The highest BCUT2D eigenvalue weighted by molar-refractivity contribution is 5.71. The van der Waals surface area contributed by atoms with Gasteiger partial charge in [-0.2, -0.15) is 0 Å². The van der Waals surface area contributed by atoms with Crippen LogP contribution in [0.5, 0.6) is 5.75 Å². The zero-order valence-electron chi connectivity index (χ0n) is 15.8. The highest BCUT2D eigenvalue weighted by Crippen LogP contribution is 2.34. The maximum absolute atomic E-state index is 13.8. The van der Waals surface area contributed by atoms with Gasteiger partial charge in [0.2, 0.25) is 11.2 Å². The lowest BCUT2D eigenvalue weighted by atomic mass is 9.92. The lowest BCUT2D eigenvalue weighted by molar-refractivity contribution is -0.140. The molecule has 1 aromatic carbocycles. The van der Waals surface area contributed by atoms with E-state index in [1.54, 1.807) is 0 Å². The first-order valence-electron chi connectivity index (χ1n) is 9.06. The van der Waals surface area contributed by atoms with E-state index >= 15 is 0 Å². The van der Waals surface area contributed by atoms with Crippen molar-refractivity contribution in [1.82, 2.24) is 4.90 Å². The first-order chi connectivity index (χ1) is 13.9. The number of benzene rings is 1. The number of ether oxygens (including phenoxy) is 2. The molecule has 7 nitrogen and oxygen atoms in total. The van der Waals surface area contributed by atoms with Crippen LogP contribution in [0.4, 0.5) is 8.78 Å². The molecule has 0 saturated carbocycles. The molecule has 2 heterocycles. The quantitative estimate of drug-likeness (QED) is 0.732. The van der Waals surface area contributed by atoms with Crippen LogP contribution in [-0.4, -0.2) is 49.4 Å². The number of nitrogens with zero attached hydrogens (tertiary/aromatic N) is 1. The van der Waals surface area contributed by atoms with Gasteiger partial charge in [-0.3, -0.25) is 14.5 Å². The molecule has 1 unspecified atom stereocenters. The largest absolute Gasteiger partial charge is 0.502 e. The van der Waals surface area contributed by atoms with Gasteiger partial charge in [-0.25, -0.2) is 8.78 Å². The van der Waals surface area contributed by atoms with Gasteiger partial charge in [0.15, 0.2) is 17.4 Å². The standard InChI is InChI=1S/C20H21F2NO6/c1-27-18(25)10-14(12-2-3-15(21)16(22)8-12)20-19(26)17(24)9-13(29-20)11-23-4-6-28-7-5-23/h2-3,8-9,14,26H,4-7,10-11H2,1H3. The zero-order chi connectivity index (χ0) is 21.0.